The molecule has 1 heterocycles. The summed E-state index contributed by atoms with van der Waals surface area (Å²) >= 11 is 0. The molecule has 3 heteroatoms. The topological polar surface area (TPSA) is 24.5 Å². The predicted octanol–water partition coefficient (Wildman–Crippen LogP) is 2.71. The van der Waals surface area contributed by atoms with Gasteiger partial charge < -0.3 is 15.0 Å². The summed E-state index contributed by atoms with van der Waals surface area (Å²) in [5.74, 6) is 0. The van der Waals surface area contributed by atoms with E-state index < -0.39 is 0 Å². The molecular formula is C16H24N2O. The van der Waals surface area contributed by atoms with Crippen LogP contribution in [0, 0.1) is 0 Å². The lowest BCUT2D eigenvalue weighted by molar-refractivity contribution is 0.244. The number of aryl methyl sites for hydroxylation is 1. The molecule has 0 unspecified atom stereocenters. The van der Waals surface area contributed by atoms with Gasteiger partial charge in [-0.05, 0) is 43.0 Å². The average molecular weight is 260 g/mol. The van der Waals surface area contributed by atoms with Gasteiger partial charge in [0.2, 0.25) is 0 Å². The Morgan fingerprint density at radius 3 is 3.21 bits per heavy atom. The number of ether oxygens (including phenoxy) is 1. The van der Waals surface area contributed by atoms with E-state index in [9.17, 15) is 0 Å². The SMILES string of the molecule is C=COCCCNCc1ccc2c(c1)CCCN2C. The molecule has 1 N–H and O–H groups in total. The summed E-state index contributed by atoms with van der Waals surface area (Å²) in [7, 11) is 2.18. The molecule has 0 atom stereocenters. The van der Waals surface area contributed by atoms with E-state index in [1.807, 2.05) is 0 Å². The molecule has 1 aromatic carbocycles. The Bertz CT molecular complexity index is 417. The van der Waals surface area contributed by atoms with Gasteiger partial charge in [-0.2, -0.15) is 0 Å². The second-order valence-electron chi connectivity index (χ2n) is 5.06. The Morgan fingerprint density at radius 2 is 2.37 bits per heavy atom. The van der Waals surface area contributed by atoms with Gasteiger partial charge in [-0.25, -0.2) is 0 Å². The second-order valence-corrected chi connectivity index (χ2v) is 5.06. The van der Waals surface area contributed by atoms with Crippen molar-refractivity contribution in [2.45, 2.75) is 25.8 Å². The third-order valence-corrected chi connectivity index (χ3v) is 3.56. The van der Waals surface area contributed by atoms with Crippen molar-refractivity contribution in [3.8, 4) is 0 Å². The fraction of sp³-hybridized carbons (Fsp3) is 0.500. The summed E-state index contributed by atoms with van der Waals surface area (Å²) in [6, 6.07) is 6.83. The van der Waals surface area contributed by atoms with Crippen LogP contribution in [0.1, 0.15) is 24.0 Å². The number of anilines is 1. The number of hydrogen-bond acceptors (Lipinski definition) is 3. The summed E-state index contributed by atoms with van der Waals surface area (Å²) in [5, 5.41) is 3.45. The van der Waals surface area contributed by atoms with E-state index in [0.717, 1.165) is 26.1 Å². The highest BCUT2D eigenvalue weighted by molar-refractivity contribution is 5.56. The number of nitrogens with one attached hydrogen (secondary N) is 1. The molecule has 0 aliphatic carbocycles. The largest absolute Gasteiger partial charge is 0.502 e. The van der Waals surface area contributed by atoms with E-state index in [2.05, 4.69) is 42.0 Å². The Hall–Kier alpha value is -1.48. The van der Waals surface area contributed by atoms with Crippen LogP contribution in [0.3, 0.4) is 0 Å². The summed E-state index contributed by atoms with van der Waals surface area (Å²) in [5.41, 5.74) is 4.26. The molecule has 1 aliphatic rings. The van der Waals surface area contributed by atoms with E-state index in [1.54, 1.807) is 0 Å². The van der Waals surface area contributed by atoms with E-state index in [4.69, 9.17) is 4.74 Å². The van der Waals surface area contributed by atoms with Crippen LogP contribution >= 0.6 is 0 Å². The van der Waals surface area contributed by atoms with Crippen molar-refractivity contribution in [3.05, 3.63) is 42.2 Å². The third-order valence-electron chi connectivity index (χ3n) is 3.56. The maximum Gasteiger partial charge on any atom is 0.0885 e. The molecule has 0 saturated heterocycles. The highest BCUT2D eigenvalue weighted by atomic mass is 16.5. The number of fused-ring (bicyclic) bond motifs is 1. The van der Waals surface area contributed by atoms with Crippen LogP contribution in [0.15, 0.2) is 31.0 Å². The van der Waals surface area contributed by atoms with Gasteiger partial charge in [0.05, 0.1) is 12.9 Å². The number of benzene rings is 1. The highest BCUT2D eigenvalue weighted by Gasteiger charge is 2.13. The first kappa shape index (κ1) is 13.9. The van der Waals surface area contributed by atoms with E-state index in [1.165, 1.54) is 42.5 Å². The van der Waals surface area contributed by atoms with Crippen LogP contribution in [0.4, 0.5) is 5.69 Å². The van der Waals surface area contributed by atoms with Crippen LogP contribution in [-0.2, 0) is 17.7 Å². The summed E-state index contributed by atoms with van der Waals surface area (Å²) < 4.78 is 5.09. The minimum Gasteiger partial charge on any atom is -0.502 e. The number of hydrogen-bond donors (Lipinski definition) is 1. The summed E-state index contributed by atoms with van der Waals surface area (Å²) in [6.07, 6.45) is 4.99. The lowest BCUT2D eigenvalue weighted by Gasteiger charge is -2.27. The van der Waals surface area contributed by atoms with Gasteiger partial charge in [0.25, 0.3) is 0 Å². The normalized spacial score (nSPS) is 14.1. The Kier molecular flexibility index (Phi) is 5.28. The zero-order valence-electron chi connectivity index (χ0n) is 11.8. The monoisotopic (exact) mass is 260 g/mol. The van der Waals surface area contributed by atoms with Crippen LogP contribution in [0.2, 0.25) is 0 Å². The lowest BCUT2D eigenvalue weighted by atomic mass is 9.99. The Morgan fingerprint density at radius 1 is 1.47 bits per heavy atom. The molecule has 0 radical (unpaired) electrons. The zero-order valence-corrected chi connectivity index (χ0v) is 11.8. The smallest absolute Gasteiger partial charge is 0.0885 e. The fourth-order valence-corrected chi connectivity index (χ4v) is 2.55. The van der Waals surface area contributed by atoms with Gasteiger partial charge in [0.15, 0.2) is 0 Å². The van der Waals surface area contributed by atoms with Crippen LogP contribution in [0.25, 0.3) is 0 Å². The average Bonchev–Trinajstić information content (AvgIpc) is 2.43. The van der Waals surface area contributed by atoms with Crippen molar-refractivity contribution in [3.63, 3.8) is 0 Å². The third kappa shape index (κ3) is 4.00. The molecule has 1 aromatic rings. The standard InChI is InChI=1S/C16H24N2O/c1-3-19-11-5-9-17-13-14-7-8-16-15(12-14)6-4-10-18(16)2/h3,7-8,12,17H,1,4-6,9-11,13H2,2H3. The molecule has 3 nitrogen and oxygen atoms in total. The van der Waals surface area contributed by atoms with E-state index in [0.29, 0.717) is 0 Å². The summed E-state index contributed by atoms with van der Waals surface area (Å²) in [4.78, 5) is 2.35. The van der Waals surface area contributed by atoms with Crippen molar-refractivity contribution < 1.29 is 4.74 Å². The van der Waals surface area contributed by atoms with Gasteiger partial charge in [-0.15, -0.1) is 0 Å². The number of rotatable bonds is 7. The Balaban J connectivity index is 1.80. The van der Waals surface area contributed by atoms with Gasteiger partial charge in [-0.3, -0.25) is 0 Å². The van der Waals surface area contributed by atoms with Crippen molar-refractivity contribution in [1.29, 1.82) is 0 Å². The van der Waals surface area contributed by atoms with Gasteiger partial charge >= 0.3 is 0 Å². The molecular weight excluding hydrogens is 236 g/mol. The first-order valence-corrected chi connectivity index (χ1v) is 7.07. The van der Waals surface area contributed by atoms with E-state index >= 15 is 0 Å². The zero-order chi connectivity index (χ0) is 13.5. The molecule has 0 spiro atoms. The van der Waals surface area contributed by atoms with Crippen LogP contribution < -0.4 is 10.2 Å². The first-order chi connectivity index (χ1) is 9.31. The molecule has 2 rings (SSSR count). The quantitative estimate of drug-likeness (QED) is 0.602. The minimum absolute atomic E-state index is 0.742. The Labute approximate surface area is 116 Å². The van der Waals surface area contributed by atoms with Gasteiger partial charge in [0.1, 0.15) is 0 Å². The molecule has 19 heavy (non-hydrogen) atoms. The fourth-order valence-electron chi connectivity index (χ4n) is 2.55. The summed E-state index contributed by atoms with van der Waals surface area (Å²) in [6.45, 7) is 7.36. The molecule has 0 aromatic heterocycles. The maximum absolute atomic E-state index is 5.09. The van der Waals surface area contributed by atoms with Crippen LogP contribution in [0.5, 0.6) is 0 Å². The van der Waals surface area contributed by atoms with Crippen LogP contribution in [-0.4, -0.2) is 26.7 Å². The molecule has 0 fully saturated rings. The lowest BCUT2D eigenvalue weighted by Crippen LogP contribution is -2.25. The van der Waals surface area contributed by atoms with Gasteiger partial charge in [0, 0.05) is 25.8 Å². The molecule has 0 amide bonds. The predicted molar refractivity (Wildman–Crippen MR) is 80.5 cm³/mol. The second kappa shape index (κ2) is 7.19. The number of nitrogens with zero attached hydrogens (tertiary/aromatic N) is 1. The van der Waals surface area contributed by atoms with Gasteiger partial charge in [-0.1, -0.05) is 18.7 Å². The van der Waals surface area contributed by atoms with E-state index in [-0.39, 0.29) is 0 Å². The van der Waals surface area contributed by atoms with Crippen molar-refractivity contribution in [2.75, 3.05) is 31.6 Å². The molecule has 104 valence electrons. The molecule has 1 aliphatic heterocycles. The highest BCUT2D eigenvalue weighted by Crippen LogP contribution is 2.26. The van der Waals surface area contributed by atoms with Crippen molar-refractivity contribution in [1.82, 2.24) is 5.32 Å². The molecule has 0 bridgehead atoms. The van der Waals surface area contributed by atoms with Crippen molar-refractivity contribution in [2.24, 2.45) is 0 Å². The van der Waals surface area contributed by atoms with Crippen molar-refractivity contribution >= 4 is 5.69 Å². The minimum atomic E-state index is 0.742. The molecule has 0 saturated carbocycles. The maximum atomic E-state index is 5.09. The first-order valence-electron chi connectivity index (χ1n) is 7.07.